The van der Waals surface area contributed by atoms with E-state index in [0.717, 1.165) is 22.4 Å². The first-order chi connectivity index (χ1) is 9.60. The minimum absolute atomic E-state index is 0.165. The molecule has 2 heteroatoms. The van der Waals surface area contributed by atoms with Gasteiger partial charge in [0, 0.05) is 12.0 Å². The average Bonchev–Trinajstić information content (AvgIpc) is 2.45. The van der Waals surface area contributed by atoms with Gasteiger partial charge in [-0.25, -0.2) is 0 Å². The third kappa shape index (κ3) is 3.47. The predicted molar refractivity (Wildman–Crippen MR) is 81.3 cm³/mol. The van der Waals surface area contributed by atoms with E-state index in [2.05, 4.69) is 25.1 Å². The van der Waals surface area contributed by atoms with Crippen molar-refractivity contribution in [1.82, 2.24) is 0 Å². The Hall–Kier alpha value is -2.09. The van der Waals surface area contributed by atoms with Crippen molar-refractivity contribution in [1.29, 1.82) is 0 Å². The molecule has 0 aliphatic heterocycles. The third-order valence-corrected chi connectivity index (χ3v) is 3.29. The molecule has 0 heterocycles. The van der Waals surface area contributed by atoms with Gasteiger partial charge < -0.3 is 4.74 Å². The van der Waals surface area contributed by atoms with Crippen LogP contribution in [0.1, 0.15) is 40.4 Å². The lowest BCUT2D eigenvalue weighted by atomic mass is 10.1. The Balaban J connectivity index is 2.08. The second-order valence-electron chi connectivity index (χ2n) is 5.03. The highest BCUT2D eigenvalue weighted by atomic mass is 16.5. The molecule has 0 atom stereocenters. The smallest absolute Gasteiger partial charge is 0.162 e. The lowest BCUT2D eigenvalue weighted by Crippen LogP contribution is -2.00. The van der Waals surface area contributed by atoms with Gasteiger partial charge in [-0.2, -0.15) is 0 Å². The van der Waals surface area contributed by atoms with Crippen LogP contribution in [0.25, 0.3) is 0 Å². The van der Waals surface area contributed by atoms with E-state index >= 15 is 0 Å². The van der Waals surface area contributed by atoms with E-state index in [1.807, 2.05) is 38.1 Å². The van der Waals surface area contributed by atoms with E-state index in [9.17, 15) is 4.79 Å². The number of aryl methyl sites for hydroxylation is 2. The Kier molecular flexibility index (Phi) is 4.57. The fourth-order valence-electron chi connectivity index (χ4n) is 2.15. The maximum Gasteiger partial charge on any atom is 0.162 e. The summed E-state index contributed by atoms with van der Waals surface area (Å²) in [4.78, 5) is 11.7. The van der Waals surface area contributed by atoms with Gasteiger partial charge in [0.1, 0.15) is 12.4 Å². The molecule has 0 spiro atoms. The van der Waals surface area contributed by atoms with E-state index in [1.54, 1.807) is 0 Å². The van der Waals surface area contributed by atoms with Crippen molar-refractivity contribution in [2.45, 2.75) is 33.8 Å². The number of Topliss-reactive ketones (excluding diaryl/α,β-unsaturated/α-hetero) is 1. The summed E-state index contributed by atoms with van der Waals surface area (Å²) in [5.74, 6) is 0.998. The molecule has 0 aliphatic rings. The summed E-state index contributed by atoms with van der Waals surface area (Å²) < 4.78 is 5.83. The molecule has 20 heavy (non-hydrogen) atoms. The molecule has 0 bridgehead atoms. The Morgan fingerprint density at radius 3 is 2.55 bits per heavy atom. The van der Waals surface area contributed by atoms with Gasteiger partial charge in [-0.1, -0.05) is 36.8 Å². The van der Waals surface area contributed by atoms with Gasteiger partial charge in [0.05, 0.1) is 0 Å². The Morgan fingerprint density at radius 1 is 1.10 bits per heavy atom. The molecular weight excluding hydrogens is 248 g/mol. The van der Waals surface area contributed by atoms with Crippen LogP contribution in [0, 0.1) is 13.8 Å². The maximum atomic E-state index is 11.7. The van der Waals surface area contributed by atoms with Crippen molar-refractivity contribution < 1.29 is 9.53 Å². The number of benzene rings is 2. The number of ketones is 1. The summed E-state index contributed by atoms with van der Waals surface area (Å²) in [5.41, 5.74) is 4.13. The van der Waals surface area contributed by atoms with Gasteiger partial charge in [0.15, 0.2) is 5.78 Å². The standard InChI is InChI=1S/C18H20O2/c1-4-17(19)16-8-9-18(14(3)11-16)20-12-15-7-5-6-13(2)10-15/h5-11H,4,12H2,1-3H3. The minimum atomic E-state index is 0.165. The van der Waals surface area contributed by atoms with Crippen LogP contribution in [0.3, 0.4) is 0 Å². The van der Waals surface area contributed by atoms with E-state index in [-0.39, 0.29) is 5.78 Å². The highest BCUT2D eigenvalue weighted by Crippen LogP contribution is 2.21. The number of carbonyl (C=O) groups is 1. The van der Waals surface area contributed by atoms with Gasteiger partial charge in [-0.05, 0) is 43.2 Å². The molecule has 2 aromatic rings. The first kappa shape index (κ1) is 14.3. The second-order valence-corrected chi connectivity index (χ2v) is 5.03. The quantitative estimate of drug-likeness (QED) is 0.748. The molecule has 0 saturated heterocycles. The summed E-state index contributed by atoms with van der Waals surface area (Å²) in [6, 6.07) is 13.9. The number of ether oxygens (including phenoxy) is 1. The molecule has 0 radical (unpaired) electrons. The monoisotopic (exact) mass is 268 g/mol. The van der Waals surface area contributed by atoms with Crippen LogP contribution in [-0.2, 0) is 6.61 Å². The van der Waals surface area contributed by atoms with Crippen LogP contribution < -0.4 is 4.74 Å². The second kappa shape index (κ2) is 6.38. The van der Waals surface area contributed by atoms with Gasteiger partial charge in [0.25, 0.3) is 0 Å². The summed E-state index contributed by atoms with van der Waals surface area (Å²) >= 11 is 0. The molecule has 0 unspecified atom stereocenters. The van der Waals surface area contributed by atoms with Crippen LogP contribution in [0.2, 0.25) is 0 Å². The molecule has 2 rings (SSSR count). The predicted octanol–water partition coefficient (Wildman–Crippen LogP) is 4.48. The highest BCUT2D eigenvalue weighted by molar-refractivity contribution is 5.96. The Morgan fingerprint density at radius 2 is 1.90 bits per heavy atom. The van der Waals surface area contributed by atoms with Crippen molar-refractivity contribution in [3.63, 3.8) is 0 Å². The van der Waals surface area contributed by atoms with Crippen LogP contribution in [0.5, 0.6) is 5.75 Å². The molecule has 0 aliphatic carbocycles. The number of rotatable bonds is 5. The number of hydrogen-bond donors (Lipinski definition) is 0. The van der Waals surface area contributed by atoms with Crippen molar-refractivity contribution >= 4 is 5.78 Å². The van der Waals surface area contributed by atoms with Gasteiger partial charge in [0.2, 0.25) is 0 Å². The minimum Gasteiger partial charge on any atom is -0.489 e. The van der Waals surface area contributed by atoms with Crippen LogP contribution in [0.15, 0.2) is 42.5 Å². The van der Waals surface area contributed by atoms with E-state index in [0.29, 0.717) is 13.0 Å². The molecule has 104 valence electrons. The fourth-order valence-corrected chi connectivity index (χ4v) is 2.15. The normalized spacial score (nSPS) is 10.3. The number of hydrogen-bond acceptors (Lipinski definition) is 2. The van der Waals surface area contributed by atoms with E-state index < -0.39 is 0 Å². The summed E-state index contributed by atoms with van der Waals surface area (Å²) in [6.07, 6.45) is 0.531. The maximum absolute atomic E-state index is 11.7. The third-order valence-electron chi connectivity index (χ3n) is 3.29. The molecular formula is C18H20O2. The molecule has 2 aromatic carbocycles. The van der Waals surface area contributed by atoms with Gasteiger partial charge in [-0.3, -0.25) is 4.79 Å². The zero-order valence-corrected chi connectivity index (χ0v) is 12.3. The molecule has 0 aromatic heterocycles. The highest BCUT2D eigenvalue weighted by Gasteiger charge is 2.06. The lowest BCUT2D eigenvalue weighted by Gasteiger charge is -2.10. The van der Waals surface area contributed by atoms with Crippen molar-refractivity contribution in [2.75, 3.05) is 0 Å². The van der Waals surface area contributed by atoms with Crippen molar-refractivity contribution in [3.8, 4) is 5.75 Å². The topological polar surface area (TPSA) is 26.3 Å². The summed E-state index contributed by atoms with van der Waals surface area (Å²) in [5, 5.41) is 0. The zero-order chi connectivity index (χ0) is 14.5. The average molecular weight is 268 g/mol. The molecule has 0 N–H and O–H groups in total. The van der Waals surface area contributed by atoms with Crippen molar-refractivity contribution in [2.24, 2.45) is 0 Å². The Bertz CT molecular complexity index is 615. The Labute approximate surface area is 120 Å². The molecule has 0 amide bonds. The molecule has 2 nitrogen and oxygen atoms in total. The SMILES string of the molecule is CCC(=O)c1ccc(OCc2cccc(C)c2)c(C)c1. The van der Waals surface area contributed by atoms with Crippen LogP contribution in [-0.4, -0.2) is 5.78 Å². The van der Waals surface area contributed by atoms with Crippen LogP contribution >= 0.6 is 0 Å². The molecule has 0 fully saturated rings. The van der Waals surface area contributed by atoms with Gasteiger partial charge >= 0.3 is 0 Å². The first-order valence-corrected chi connectivity index (χ1v) is 6.92. The summed E-state index contributed by atoms with van der Waals surface area (Å²) in [6.45, 7) is 6.46. The lowest BCUT2D eigenvalue weighted by molar-refractivity contribution is 0.0988. The van der Waals surface area contributed by atoms with Gasteiger partial charge in [-0.15, -0.1) is 0 Å². The summed E-state index contributed by atoms with van der Waals surface area (Å²) in [7, 11) is 0. The largest absolute Gasteiger partial charge is 0.489 e. The van der Waals surface area contributed by atoms with Crippen molar-refractivity contribution in [3.05, 3.63) is 64.7 Å². The van der Waals surface area contributed by atoms with Crippen LogP contribution in [0.4, 0.5) is 0 Å². The van der Waals surface area contributed by atoms with E-state index in [4.69, 9.17) is 4.74 Å². The zero-order valence-electron chi connectivity index (χ0n) is 12.3. The fraction of sp³-hybridized carbons (Fsp3) is 0.278. The van der Waals surface area contributed by atoms with E-state index in [1.165, 1.54) is 5.56 Å². The molecule has 0 saturated carbocycles. The first-order valence-electron chi connectivity index (χ1n) is 6.92. The number of carbonyl (C=O) groups excluding carboxylic acids is 1.